The van der Waals surface area contributed by atoms with Gasteiger partial charge in [0.2, 0.25) is 0 Å². The number of nitrogens with one attached hydrogen (secondary N) is 1. The highest BCUT2D eigenvalue weighted by Crippen LogP contribution is 2.38. The van der Waals surface area contributed by atoms with Crippen LogP contribution in [0.4, 0.5) is 0 Å². The molecule has 2 aliphatic carbocycles. The summed E-state index contributed by atoms with van der Waals surface area (Å²) in [5.41, 5.74) is 4.87. The molecule has 0 spiro atoms. The topological polar surface area (TPSA) is 34.0 Å². The van der Waals surface area contributed by atoms with Crippen LogP contribution in [0.3, 0.4) is 0 Å². The first-order chi connectivity index (χ1) is 10.7. The summed E-state index contributed by atoms with van der Waals surface area (Å²) in [6.45, 7) is 5.58. The lowest BCUT2D eigenvalue weighted by Gasteiger charge is -2.12. The minimum atomic E-state index is 0.234. The summed E-state index contributed by atoms with van der Waals surface area (Å²) in [5, 5.41) is 3.33. The Morgan fingerprint density at radius 2 is 2.14 bits per heavy atom. The third kappa shape index (κ3) is 3.52. The lowest BCUT2D eigenvalue weighted by Crippen LogP contribution is -2.24. The molecule has 0 aromatic carbocycles. The van der Waals surface area contributed by atoms with Crippen molar-refractivity contribution in [2.45, 2.75) is 64.8 Å². The van der Waals surface area contributed by atoms with Crippen molar-refractivity contribution < 1.29 is 4.79 Å². The number of allylic oxidation sites excluding steroid dienone is 1. The third-order valence-electron chi connectivity index (χ3n) is 4.99. The van der Waals surface area contributed by atoms with E-state index in [1.54, 1.807) is 5.57 Å². The maximum Gasteiger partial charge on any atom is 0.178 e. The van der Waals surface area contributed by atoms with Crippen LogP contribution in [0.25, 0.3) is 0 Å². The van der Waals surface area contributed by atoms with Crippen LogP contribution in [0.5, 0.6) is 0 Å². The lowest BCUT2D eigenvalue weighted by atomic mass is 9.97. The predicted octanol–water partition coefficient (Wildman–Crippen LogP) is 4.10. The zero-order valence-corrected chi connectivity index (χ0v) is 14.0. The minimum absolute atomic E-state index is 0.234. The first-order valence-corrected chi connectivity index (χ1v) is 8.77. The number of hydrogen-bond donors (Lipinski definition) is 1. The zero-order valence-electron chi connectivity index (χ0n) is 14.0. The van der Waals surface area contributed by atoms with Crippen molar-refractivity contribution in [2.75, 3.05) is 13.1 Å². The first kappa shape index (κ1) is 15.5. The Bertz CT molecular complexity index is 579. The van der Waals surface area contributed by atoms with Crippen LogP contribution in [-0.2, 0) is 0 Å². The number of carbonyl (C=O) groups is 1. The Labute approximate surface area is 133 Å². The molecule has 1 aromatic heterocycles. The maximum atomic E-state index is 12.4. The van der Waals surface area contributed by atoms with Gasteiger partial charge in [-0.3, -0.25) is 4.79 Å². The molecule has 22 heavy (non-hydrogen) atoms. The minimum Gasteiger partial charge on any atom is -0.345 e. The van der Waals surface area contributed by atoms with E-state index in [0.717, 1.165) is 24.2 Å². The summed E-state index contributed by atoms with van der Waals surface area (Å²) in [6.07, 6.45) is 11.2. The molecule has 1 aromatic rings. The molecule has 0 amide bonds. The van der Waals surface area contributed by atoms with E-state index >= 15 is 0 Å². The van der Waals surface area contributed by atoms with Crippen LogP contribution in [-0.4, -0.2) is 23.4 Å². The summed E-state index contributed by atoms with van der Waals surface area (Å²) in [4.78, 5) is 12.4. The van der Waals surface area contributed by atoms with Crippen molar-refractivity contribution in [2.24, 2.45) is 0 Å². The quantitative estimate of drug-likeness (QED) is 0.467. The number of carbonyl (C=O) groups excluding carboxylic acids is 1. The third-order valence-corrected chi connectivity index (χ3v) is 4.99. The van der Waals surface area contributed by atoms with Crippen LogP contribution < -0.4 is 5.32 Å². The Balaban J connectivity index is 1.49. The SMILES string of the molecule is Cc1cc(C(=O)CNCCC2=CCCCC2)c(C)n1C1CC1. The zero-order chi connectivity index (χ0) is 15.5. The van der Waals surface area contributed by atoms with Gasteiger partial charge in [-0.05, 0) is 71.4 Å². The van der Waals surface area contributed by atoms with Gasteiger partial charge in [-0.2, -0.15) is 0 Å². The summed E-state index contributed by atoms with van der Waals surface area (Å²) < 4.78 is 2.35. The van der Waals surface area contributed by atoms with Crippen LogP contribution in [0.1, 0.15) is 72.7 Å². The first-order valence-electron chi connectivity index (χ1n) is 8.77. The van der Waals surface area contributed by atoms with Crippen LogP contribution in [0, 0.1) is 13.8 Å². The van der Waals surface area contributed by atoms with Crippen molar-refractivity contribution in [1.29, 1.82) is 0 Å². The van der Waals surface area contributed by atoms with E-state index in [2.05, 4.69) is 35.9 Å². The fourth-order valence-electron chi connectivity index (χ4n) is 3.63. The molecule has 120 valence electrons. The van der Waals surface area contributed by atoms with Gasteiger partial charge in [-0.1, -0.05) is 11.6 Å². The predicted molar refractivity (Wildman–Crippen MR) is 90.5 cm³/mol. The summed E-state index contributed by atoms with van der Waals surface area (Å²) in [6, 6.07) is 2.72. The summed E-state index contributed by atoms with van der Waals surface area (Å²) >= 11 is 0. The van der Waals surface area contributed by atoms with Gasteiger partial charge in [0.25, 0.3) is 0 Å². The highest BCUT2D eigenvalue weighted by Gasteiger charge is 2.28. The second kappa shape index (κ2) is 6.82. The van der Waals surface area contributed by atoms with Crippen LogP contribution in [0.2, 0.25) is 0 Å². The van der Waals surface area contributed by atoms with Crippen molar-refractivity contribution in [3.8, 4) is 0 Å². The molecule has 0 unspecified atom stereocenters. The number of ketones is 1. The number of nitrogens with zero attached hydrogens (tertiary/aromatic N) is 1. The smallest absolute Gasteiger partial charge is 0.178 e. The molecule has 0 atom stereocenters. The second-order valence-electron chi connectivity index (χ2n) is 6.84. The fourth-order valence-corrected chi connectivity index (χ4v) is 3.63. The monoisotopic (exact) mass is 300 g/mol. The molecule has 0 bridgehead atoms. The largest absolute Gasteiger partial charge is 0.345 e. The molecule has 1 heterocycles. The van der Waals surface area contributed by atoms with E-state index in [1.165, 1.54) is 44.2 Å². The Morgan fingerprint density at radius 3 is 2.82 bits per heavy atom. The Kier molecular flexibility index (Phi) is 4.82. The Hall–Kier alpha value is -1.35. The van der Waals surface area contributed by atoms with E-state index in [4.69, 9.17) is 0 Å². The van der Waals surface area contributed by atoms with E-state index in [9.17, 15) is 4.79 Å². The molecule has 1 N–H and O–H groups in total. The molecule has 2 aliphatic rings. The fraction of sp³-hybridized carbons (Fsp3) is 0.632. The molecule has 0 radical (unpaired) electrons. The average Bonchev–Trinajstić information content (AvgIpc) is 3.30. The van der Waals surface area contributed by atoms with Gasteiger partial charge in [-0.25, -0.2) is 0 Å². The summed E-state index contributed by atoms with van der Waals surface area (Å²) in [5.74, 6) is 0.234. The average molecular weight is 300 g/mol. The number of Topliss-reactive ketones (excluding diaryl/α,β-unsaturated/α-hetero) is 1. The standard InChI is InChI=1S/C19H28N2O/c1-14-12-18(15(2)21(14)17-8-9-17)19(22)13-20-11-10-16-6-4-3-5-7-16/h6,12,17,20H,3-5,7-11,13H2,1-2H3. The highest BCUT2D eigenvalue weighted by atomic mass is 16.1. The van der Waals surface area contributed by atoms with Gasteiger partial charge in [0.1, 0.15) is 0 Å². The molecule has 3 heteroatoms. The molecular weight excluding hydrogens is 272 g/mol. The molecule has 0 aliphatic heterocycles. The summed E-state index contributed by atoms with van der Waals surface area (Å²) in [7, 11) is 0. The number of aryl methyl sites for hydroxylation is 1. The number of hydrogen-bond acceptors (Lipinski definition) is 2. The van der Waals surface area contributed by atoms with Crippen molar-refractivity contribution in [3.05, 3.63) is 34.7 Å². The molecule has 0 saturated heterocycles. The van der Waals surface area contributed by atoms with Gasteiger partial charge in [-0.15, -0.1) is 0 Å². The molecule has 3 rings (SSSR count). The number of rotatable bonds is 7. The van der Waals surface area contributed by atoms with E-state index < -0.39 is 0 Å². The molecule has 1 saturated carbocycles. The van der Waals surface area contributed by atoms with Gasteiger partial charge in [0, 0.05) is 23.0 Å². The van der Waals surface area contributed by atoms with Crippen molar-refractivity contribution in [1.82, 2.24) is 9.88 Å². The molecule has 1 fully saturated rings. The van der Waals surface area contributed by atoms with Crippen LogP contribution in [0.15, 0.2) is 17.7 Å². The van der Waals surface area contributed by atoms with Crippen molar-refractivity contribution >= 4 is 5.78 Å². The van der Waals surface area contributed by atoms with E-state index in [0.29, 0.717) is 12.6 Å². The number of aromatic nitrogens is 1. The van der Waals surface area contributed by atoms with Crippen LogP contribution >= 0.6 is 0 Å². The Morgan fingerprint density at radius 1 is 1.32 bits per heavy atom. The molecular formula is C19H28N2O. The van der Waals surface area contributed by atoms with Crippen molar-refractivity contribution in [3.63, 3.8) is 0 Å². The normalized spacial score (nSPS) is 18.4. The lowest BCUT2D eigenvalue weighted by molar-refractivity contribution is 0.0990. The van der Waals surface area contributed by atoms with Gasteiger partial charge in [0.15, 0.2) is 5.78 Å². The second-order valence-corrected chi connectivity index (χ2v) is 6.84. The van der Waals surface area contributed by atoms with Gasteiger partial charge < -0.3 is 9.88 Å². The van der Waals surface area contributed by atoms with Gasteiger partial charge >= 0.3 is 0 Å². The highest BCUT2D eigenvalue weighted by molar-refractivity contribution is 5.99. The van der Waals surface area contributed by atoms with E-state index in [1.807, 2.05) is 0 Å². The van der Waals surface area contributed by atoms with E-state index in [-0.39, 0.29) is 5.78 Å². The maximum absolute atomic E-state index is 12.4. The van der Waals surface area contributed by atoms with Gasteiger partial charge in [0.05, 0.1) is 6.54 Å². The molecule has 3 nitrogen and oxygen atoms in total.